The van der Waals surface area contributed by atoms with Crippen molar-refractivity contribution >= 4 is 56.3 Å². The molecule has 0 fully saturated rings. The second-order valence-corrected chi connectivity index (χ2v) is 12.0. The molecule has 0 bridgehead atoms. The fourth-order valence-corrected chi connectivity index (χ4v) is 6.67. The SMILES string of the molecule is CC1=C(C(=O)Nc2ccccc2C)[C@@H](c2cccs2)n2c(s/c(=C/c3ccc(-c4ccc(Br)cc4)o3)c2=O)=N1. The van der Waals surface area contributed by atoms with Crippen molar-refractivity contribution in [2.45, 2.75) is 19.9 Å². The Labute approximate surface area is 240 Å². The van der Waals surface area contributed by atoms with Gasteiger partial charge < -0.3 is 9.73 Å². The number of thiophene rings is 1. The third kappa shape index (κ3) is 4.89. The van der Waals surface area contributed by atoms with Crippen molar-refractivity contribution in [1.82, 2.24) is 4.57 Å². The van der Waals surface area contributed by atoms with Gasteiger partial charge in [0.2, 0.25) is 0 Å². The number of para-hydroxylation sites is 1. The Hall–Kier alpha value is -3.79. The summed E-state index contributed by atoms with van der Waals surface area (Å²) in [6, 6.07) is 22.5. The number of allylic oxidation sites excluding steroid dienone is 1. The van der Waals surface area contributed by atoms with Crippen molar-refractivity contribution in [2.24, 2.45) is 4.99 Å². The van der Waals surface area contributed by atoms with Gasteiger partial charge in [0.1, 0.15) is 17.6 Å². The first-order chi connectivity index (χ1) is 18.9. The standard InChI is InChI=1S/C30H22BrN3O3S2/c1-17-6-3-4-7-22(17)33-28(35)26-18(2)32-30-34(27(26)24-8-5-15-38-24)29(36)25(39-30)16-21-13-14-23(37-21)19-9-11-20(31)12-10-19/h3-16,27H,1-2H3,(H,33,35)/b25-16+/t27-/m1/s1. The average molecular weight is 617 g/mol. The molecule has 0 aliphatic carbocycles. The summed E-state index contributed by atoms with van der Waals surface area (Å²) < 4.78 is 9.14. The van der Waals surface area contributed by atoms with Gasteiger partial charge >= 0.3 is 0 Å². The van der Waals surface area contributed by atoms with E-state index in [0.29, 0.717) is 32.1 Å². The molecular formula is C30H22BrN3O3S2. The van der Waals surface area contributed by atoms with E-state index in [-0.39, 0.29) is 11.5 Å². The van der Waals surface area contributed by atoms with E-state index in [1.54, 1.807) is 10.6 Å². The first-order valence-corrected chi connectivity index (χ1v) is 14.7. The van der Waals surface area contributed by atoms with Crippen LogP contribution in [0.5, 0.6) is 0 Å². The van der Waals surface area contributed by atoms with Gasteiger partial charge in [-0.1, -0.05) is 63.7 Å². The number of fused-ring (bicyclic) bond motifs is 1. The predicted molar refractivity (Wildman–Crippen MR) is 160 cm³/mol. The number of hydrogen-bond donors (Lipinski definition) is 1. The number of carbonyl (C=O) groups is 1. The minimum absolute atomic E-state index is 0.215. The van der Waals surface area contributed by atoms with Gasteiger partial charge in [-0.25, -0.2) is 4.99 Å². The van der Waals surface area contributed by atoms with Gasteiger partial charge in [-0.15, -0.1) is 11.3 Å². The summed E-state index contributed by atoms with van der Waals surface area (Å²) in [4.78, 5) is 33.6. The molecule has 1 N–H and O–H groups in total. The number of furan rings is 1. The van der Waals surface area contributed by atoms with Crippen LogP contribution in [-0.4, -0.2) is 10.5 Å². The van der Waals surface area contributed by atoms with Gasteiger partial charge in [0, 0.05) is 26.7 Å². The Morgan fingerprint density at radius 1 is 1.05 bits per heavy atom. The molecule has 1 amide bonds. The lowest BCUT2D eigenvalue weighted by atomic mass is 10.0. The lowest BCUT2D eigenvalue weighted by Gasteiger charge is -2.24. The third-order valence-electron chi connectivity index (χ3n) is 6.50. The molecule has 0 spiro atoms. The van der Waals surface area contributed by atoms with Crippen LogP contribution in [0.15, 0.2) is 108 Å². The lowest BCUT2D eigenvalue weighted by molar-refractivity contribution is -0.113. The lowest BCUT2D eigenvalue weighted by Crippen LogP contribution is -2.40. The van der Waals surface area contributed by atoms with E-state index in [9.17, 15) is 9.59 Å². The number of halogens is 1. The molecule has 194 valence electrons. The highest BCUT2D eigenvalue weighted by Crippen LogP contribution is 2.33. The summed E-state index contributed by atoms with van der Waals surface area (Å²) in [5, 5.41) is 4.98. The Bertz CT molecular complexity index is 1910. The van der Waals surface area contributed by atoms with Crippen molar-refractivity contribution in [3.63, 3.8) is 0 Å². The molecule has 9 heteroatoms. The van der Waals surface area contributed by atoms with Gasteiger partial charge in [-0.2, -0.15) is 0 Å². The Morgan fingerprint density at radius 3 is 2.59 bits per heavy atom. The van der Waals surface area contributed by atoms with E-state index in [2.05, 4.69) is 21.2 Å². The molecule has 1 aliphatic rings. The van der Waals surface area contributed by atoms with Crippen molar-refractivity contribution in [2.75, 3.05) is 5.32 Å². The van der Waals surface area contributed by atoms with E-state index in [1.165, 1.54) is 22.7 Å². The number of anilines is 1. The summed E-state index contributed by atoms with van der Waals surface area (Å²) >= 11 is 6.25. The number of benzene rings is 2. The average Bonchev–Trinajstić information content (AvgIpc) is 3.67. The fraction of sp³-hybridized carbons (Fsp3) is 0.100. The maximum absolute atomic E-state index is 13.8. The quantitative estimate of drug-likeness (QED) is 0.253. The summed E-state index contributed by atoms with van der Waals surface area (Å²) in [6.45, 7) is 3.76. The molecule has 0 unspecified atom stereocenters. The number of amides is 1. The molecule has 0 radical (unpaired) electrons. The van der Waals surface area contributed by atoms with Gasteiger partial charge in [0.25, 0.3) is 11.5 Å². The van der Waals surface area contributed by atoms with Crippen LogP contribution in [0.1, 0.15) is 29.2 Å². The smallest absolute Gasteiger partial charge is 0.271 e. The summed E-state index contributed by atoms with van der Waals surface area (Å²) in [6.07, 6.45) is 1.74. The highest BCUT2D eigenvalue weighted by Gasteiger charge is 2.33. The van der Waals surface area contributed by atoms with Crippen molar-refractivity contribution in [1.29, 1.82) is 0 Å². The molecule has 6 rings (SSSR count). The van der Waals surface area contributed by atoms with E-state index >= 15 is 0 Å². The van der Waals surface area contributed by atoms with Crippen LogP contribution in [0.25, 0.3) is 17.4 Å². The number of aromatic nitrogens is 1. The molecule has 0 saturated carbocycles. The van der Waals surface area contributed by atoms with Gasteiger partial charge in [0.05, 0.1) is 15.8 Å². The molecule has 39 heavy (non-hydrogen) atoms. The van der Waals surface area contributed by atoms with E-state index in [0.717, 1.165) is 26.2 Å². The number of thiazole rings is 1. The molecule has 5 aromatic rings. The van der Waals surface area contributed by atoms with Crippen molar-refractivity contribution in [3.8, 4) is 11.3 Å². The molecule has 3 aromatic heterocycles. The highest BCUT2D eigenvalue weighted by molar-refractivity contribution is 9.10. The summed E-state index contributed by atoms with van der Waals surface area (Å²) in [7, 11) is 0. The zero-order valence-electron chi connectivity index (χ0n) is 21.0. The number of nitrogens with one attached hydrogen (secondary N) is 1. The normalized spacial score (nSPS) is 15.3. The molecule has 1 aliphatic heterocycles. The number of nitrogens with zero attached hydrogens (tertiary/aromatic N) is 2. The zero-order chi connectivity index (χ0) is 27.1. The fourth-order valence-electron chi connectivity index (χ4n) is 4.56. The highest BCUT2D eigenvalue weighted by atomic mass is 79.9. The van der Waals surface area contributed by atoms with Crippen LogP contribution in [0.3, 0.4) is 0 Å². The number of carbonyl (C=O) groups excluding carboxylic acids is 1. The molecule has 6 nitrogen and oxygen atoms in total. The van der Waals surface area contributed by atoms with Crippen LogP contribution in [0.4, 0.5) is 5.69 Å². The third-order valence-corrected chi connectivity index (χ3v) is 8.94. The van der Waals surface area contributed by atoms with E-state index in [1.807, 2.05) is 92.0 Å². The van der Waals surface area contributed by atoms with Gasteiger partial charge in [0.15, 0.2) is 4.80 Å². The first kappa shape index (κ1) is 25.5. The molecule has 1 atom stereocenters. The van der Waals surface area contributed by atoms with Crippen molar-refractivity contribution < 1.29 is 9.21 Å². The number of aryl methyl sites for hydroxylation is 1. The zero-order valence-corrected chi connectivity index (χ0v) is 24.2. The van der Waals surface area contributed by atoms with Gasteiger partial charge in [-0.05, 0) is 61.2 Å². The minimum atomic E-state index is -0.581. The van der Waals surface area contributed by atoms with Crippen LogP contribution in [0, 0.1) is 6.92 Å². The van der Waals surface area contributed by atoms with Crippen LogP contribution in [0.2, 0.25) is 0 Å². The molecule has 0 saturated heterocycles. The van der Waals surface area contributed by atoms with Crippen LogP contribution in [-0.2, 0) is 4.79 Å². The van der Waals surface area contributed by atoms with Crippen LogP contribution < -0.4 is 20.2 Å². The second-order valence-electron chi connectivity index (χ2n) is 9.08. The maximum Gasteiger partial charge on any atom is 0.271 e. The number of hydrogen-bond acceptors (Lipinski definition) is 6. The van der Waals surface area contributed by atoms with E-state index in [4.69, 9.17) is 9.41 Å². The molecule has 2 aromatic carbocycles. The molecular weight excluding hydrogens is 594 g/mol. The topological polar surface area (TPSA) is 76.6 Å². The Morgan fingerprint density at radius 2 is 1.85 bits per heavy atom. The summed E-state index contributed by atoms with van der Waals surface area (Å²) in [5.41, 5.74) is 3.45. The van der Waals surface area contributed by atoms with Crippen molar-refractivity contribution in [3.05, 3.63) is 130 Å². The van der Waals surface area contributed by atoms with E-state index < -0.39 is 6.04 Å². The number of rotatable bonds is 5. The predicted octanol–water partition coefficient (Wildman–Crippen LogP) is 6.27. The Balaban J connectivity index is 1.42. The maximum atomic E-state index is 13.8. The summed E-state index contributed by atoms with van der Waals surface area (Å²) in [5.74, 6) is 1.01. The second kappa shape index (κ2) is 10.4. The Kier molecular flexibility index (Phi) is 6.80. The van der Waals surface area contributed by atoms with Crippen LogP contribution >= 0.6 is 38.6 Å². The largest absolute Gasteiger partial charge is 0.457 e. The monoisotopic (exact) mass is 615 g/mol. The molecule has 4 heterocycles. The van der Waals surface area contributed by atoms with Gasteiger partial charge in [-0.3, -0.25) is 14.2 Å². The first-order valence-electron chi connectivity index (χ1n) is 12.2. The minimum Gasteiger partial charge on any atom is -0.457 e.